The number of aromatic nitrogens is 2. The Labute approximate surface area is 303 Å². The molecule has 52 heavy (non-hydrogen) atoms. The van der Waals surface area contributed by atoms with E-state index < -0.39 is 0 Å². The number of pyridine rings is 2. The first-order valence-electron chi connectivity index (χ1n) is 18.1. The molecule has 10 rings (SSSR count). The van der Waals surface area contributed by atoms with E-state index in [1.807, 2.05) is 6.07 Å². The Morgan fingerprint density at radius 2 is 1.00 bits per heavy atom. The van der Waals surface area contributed by atoms with Gasteiger partial charge < -0.3 is 0 Å². The Morgan fingerprint density at radius 1 is 0.404 bits per heavy atom. The van der Waals surface area contributed by atoms with Crippen molar-refractivity contribution in [2.75, 3.05) is 0 Å². The zero-order chi connectivity index (χ0) is 34.4. The van der Waals surface area contributed by atoms with E-state index in [1.54, 1.807) is 0 Å². The lowest BCUT2D eigenvalue weighted by molar-refractivity contribution is 0.991. The van der Waals surface area contributed by atoms with Crippen LogP contribution in [0.3, 0.4) is 0 Å². The molecular weight excluding hydrogens is 629 g/mol. The molecule has 0 bridgehead atoms. The zero-order valence-corrected chi connectivity index (χ0v) is 28.6. The molecular formula is C50H34N2. The SMILES string of the molecule is C1=Cc2c(c(-c3ccccc3)c3ccccc3c2-c2cccc(-c3cc(-c4ccccc4)nc4c3ccc3ccc(-c5ccccc5)nc34)c2)CC1. The maximum absolute atomic E-state index is 5.34. The molecule has 2 heteroatoms. The van der Waals surface area contributed by atoms with Crippen LogP contribution in [0.25, 0.3) is 94.5 Å². The van der Waals surface area contributed by atoms with E-state index in [2.05, 4.69) is 176 Å². The van der Waals surface area contributed by atoms with Crippen molar-refractivity contribution in [2.24, 2.45) is 0 Å². The highest BCUT2D eigenvalue weighted by Gasteiger charge is 2.22. The molecule has 0 aliphatic heterocycles. The molecule has 0 amide bonds. The van der Waals surface area contributed by atoms with Gasteiger partial charge in [0.25, 0.3) is 0 Å². The molecule has 0 atom stereocenters. The summed E-state index contributed by atoms with van der Waals surface area (Å²) in [7, 11) is 0. The van der Waals surface area contributed by atoms with Gasteiger partial charge in [0.1, 0.15) is 0 Å². The van der Waals surface area contributed by atoms with Gasteiger partial charge in [-0.15, -0.1) is 0 Å². The summed E-state index contributed by atoms with van der Waals surface area (Å²) in [5.41, 5.74) is 16.1. The third-order valence-electron chi connectivity index (χ3n) is 10.5. The smallest absolute Gasteiger partial charge is 0.0978 e. The molecule has 2 nitrogen and oxygen atoms in total. The molecule has 0 saturated heterocycles. The summed E-state index contributed by atoms with van der Waals surface area (Å²) in [5, 5.41) is 4.74. The molecule has 0 fully saturated rings. The fourth-order valence-corrected chi connectivity index (χ4v) is 8.11. The van der Waals surface area contributed by atoms with Gasteiger partial charge in [0, 0.05) is 21.9 Å². The third kappa shape index (κ3) is 5.11. The lowest BCUT2D eigenvalue weighted by Crippen LogP contribution is -2.02. The summed E-state index contributed by atoms with van der Waals surface area (Å²) in [4.78, 5) is 10.6. The lowest BCUT2D eigenvalue weighted by atomic mass is 9.80. The Balaban J connectivity index is 1.23. The first-order valence-corrected chi connectivity index (χ1v) is 18.1. The largest absolute Gasteiger partial charge is 0.245 e. The first kappa shape index (κ1) is 30.2. The van der Waals surface area contributed by atoms with Gasteiger partial charge in [-0.25, -0.2) is 9.97 Å². The summed E-state index contributed by atoms with van der Waals surface area (Å²) in [6.45, 7) is 0. The highest BCUT2D eigenvalue weighted by molar-refractivity contribution is 6.12. The number of rotatable bonds is 5. The predicted octanol–water partition coefficient (Wildman–Crippen LogP) is 13.2. The molecule has 1 aliphatic rings. The van der Waals surface area contributed by atoms with Crippen molar-refractivity contribution in [3.05, 3.63) is 187 Å². The first-order chi connectivity index (χ1) is 25.8. The van der Waals surface area contributed by atoms with Gasteiger partial charge in [0.15, 0.2) is 0 Å². The van der Waals surface area contributed by atoms with Crippen molar-refractivity contribution >= 4 is 38.7 Å². The van der Waals surface area contributed by atoms with Crippen LogP contribution in [0.1, 0.15) is 17.5 Å². The standard InChI is InChI=1S/C50H34N2/c1-4-15-33(16-5-1)45-30-28-36-27-29-43-44(32-46(34-17-6-2-7-18-34)52-50(43)49(36)51-45)37-21-14-22-38(31-37)48-41-25-12-10-23-39(41)47(35-19-8-3-9-20-35)40-24-11-13-26-42(40)48/h1-10,12-23,25-32H,11,24H2. The number of allylic oxidation sites excluding steroid dienone is 1. The molecule has 1 aliphatic carbocycles. The molecule has 0 unspecified atom stereocenters. The minimum atomic E-state index is 0.912. The van der Waals surface area contributed by atoms with Crippen molar-refractivity contribution in [1.82, 2.24) is 9.97 Å². The number of hydrogen-bond acceptors (Lipinski definition) is 2. The normalized spacial score (nSPS) is 12.4. The monoisotopic (exact) mass is 662 g/mol. The molecule has 0 N–H and O–H groups in total. The fourth-order valence-electron chi connectivity index (χ4n) is 8.11. The van der Waals surface area contributed by atoms with Crippen LogP contribution in [0.15, 0.2) is 176 Å². The van der Waals surface area contributed by atoms with Crippen molar-refractivity contribution in [3.63, 3.8) is 0 Å². The second kappa shape index (κ2) is 12.6. The third-order valence-corrected chi connectivity index (χ3v) is 10.5. The number of nitrogens with zero attached hydrogens (tertiary/aromatic N) is 2. The van der Waals surface area contributed by atoms with Gasteiger partial charge in [-0.1, -0.05) is 164 Å². The van der Waals surface area contributed by atoms with E-state index in [9.17, 15) is 0 Å². The van der Waals surface area contributed by atoms with Gasteiger partial charge in [-0.3, -0.25) is 0 Å². The Morgan fingerprint density at radius 3 is 1.75 bits per heavy atom. The molecule has 0 radical (unpaired) electrons. The van der Waals surface area contributed by atoms with Gasteiger partial charge >= 0.3 is 0 Å². The van der Waals surface area contributed by atoms with Crippen molar-refractivity contribution in [3.8, 4) is 55.9 Å². The minimum absolute atomic E-state index is 0.912. The zero-order valence-electron chi connectivity index (χ0n) is 28.6. The van der Waals surface area contributed by atoms with E-state index in [1.165, 1.54) is 44.2 Å². The fraction of sp³-hybridized carbons (Fsp3) is 0.0400. The van der Waals surface area contributed by atoms with Crippen molar-refractivity contribution < 1.29 is 0 Å². The van der Waals surface area contributed by atoms with Crippen LogP contribution in [-0.4, -0.2) is 9.97 Å². The Bertz CT molecular complexity index is 2820. The topological polar surface area (TPSA) is 25.8 Å². The molecule has 244 valence electrons. The van der Waals surface area contributed by atoms with Crippen LogP contribution in [0.5, 0.6) is 0 Å². The summed E-state index contributed by atoms with van der Waals surface area (Å²) < 4.78 is 0. The van der Waals surface area contributed by atoms with Crippen molar-refractivity contribution in [1.29, 1.82) is 0 Å². The maximum Gasteiger partial charge on any atom is 0.0978 e. The average Bonchev–Trinajstić information content (AvgIpc) is 3.23. The number of fused-ring (bicyclic) bond motifs is 5. The second-order valence-electron chi connectivity index (χ2n) is 13.6. The van der Waals surface area contributed by atoms with Crippen LogP contribution >= 0.6 is 0 Å². The van der Waals surface area contributed by atoms with Crippen LogP contribution in [0.2, 0.25) is 0 Å². The van der Waals surface area contributed by atoms with E-state index >= 15 is 0 Å². The van der Waals surface area contributed by atoms with Gasteiger partial charge in [0.2, 0.25) is 0 Å². The van der Waals surface area contributed by atoms with E-state index in [0.29, 0.717) is 0 Å². The molecule has 2 aromatic heterocycles. The van der Waals surface area contributed by atoms with Crippen molar-refractivity contribution in [2.45, 2.75) is 12.8 Å². The minimum Gasteiger partial charge on any atom is -0.245 e. The summed E-state index contributed by atoms with van der Waals surface area (Å²) >= 11 is 0. The number of benzene rings is 7. The molecule has 2 heterocycles. The van der Waals surface area contributed by atoms with E-state index in [4.69, 9.17) is 9.97 Å². The van der Waals surface area contributed by atoms with Crippen LogP contribution < -0.4 is 0 Å². The molecule has 0 saturated carbocycles. The average molecular weight is 663 g/mol. The maximum atomic E-state index is 5.34. The van der Waals surface area contributed by atoms with E-state index in [0.717, 1.165) is 68.3 Å². The van der Waals surface area contributed by atoms with Crippen LogP contribution in [0, 0.1) is 0 Å². The quantitative estimate of drug-likeness (QED) is 0.171. The van der Waals surface area contributed by atoms with E-state index in [-0.39, 0.29) is 0 Å². The molecule has 0 spiro atoms. The number of hydrogen-bond donors (Lipinski definition) is 0. The van der Waals surface area contributed by atoms with Gasteiger partial charge in [-0.2, -0.15) is 0 Å². The van der Waals surface area contributed by atoms with Gasteiger partial charge in [0.05, 0.1) is 22.4 Å². The Kier molecular flexibility index (Phi) is 7.32. The summed E-state index contributed by atoms with van der Waals surface area (Å²) in [6.07, 6.45) is 6.76. The molecule has 7 aromatic carbocycles. The van der Waals surface area contributed by atoms with Gasteiger partial charge in [-0.05, 0) is 86.3 Å². The highest BCUT2D eigenvalue weighted by atomic mass is 14.8. The lowest BCUT2D eigenvalue weighted by Gasteiger charge is -2.24. The van der Waals surface area contributed by atoms with Crippen LogP contribution in [-0.2, 0) is 6.42 Å². The molecule has 9 aromatic rings. The highest BCUT2D eigenvalue weighted by Crippen LogP contribution is 2.45. The van der Waals surface area contributed by atoms with Crippen LogP contribution in [0.4, 0.5) is 0 Å². The summed E-state index contributed by atoms with van der Waals surface area (Å²) in [6, 6.07) is 60.8. The Hall–Kier alpha value is -6.64. The second-order valence-corrected chi connectivity index (χ2v) is 13.6. The summed E-state index contributed by atoms with van der Waals surface area (Å²) in [5.74, 6) is 0. The predicted molar refractivity (Wildman–Crippen MR) is 219 cm³/mol.